The van der Waals surface area contributed by atoms with Crippen molar-refractivity contribution < 1.29 is 26.7 Å². The first-order valence-corrected chi connectivity index (χ1v) is 5.89. The normalized spacial score (nSPS) is 13.6. The molecule has 0 amide bonds. The Morgan fingerprint density at radius 2 is 1.75 bits per heavy atom. The predicted octanol–water partition coefficient (Wildman–Crippen LogP) is 3.53. The topological polar surface area (TPSA) is 47.3 Å². The molecule has 114 valence electrons. The predicted molar refractivity (Wildman–Crippen MR) is 63.0 cm³/mol. The van der Waals surface area contributed by atoms with Gasteiger partial charge < -0.3 is 4.74 Å². The second-order valence-electron chi connectivity index (χ2n) is 4.17. The lowest BCUT2D eigenvalue weighted by Gasteiger charge is -2.17. The van der Waals surface area contributed by atoms with E-state index in [-0.39, 0.29) is 18.6 Å². The van der Waals surface area contributed by atoms with Crippen LogP contribution in [0.15, 0.2) is 24.3 Å². The Bertz CT molecular complexity index is 394. The SMILES string of the molecule is NNC(CCCC(F)(F)F)c1ccc(OC(F)F)cc1. The fraction of sp³-hybridized carbons (Fsp3) is 0.500. The van der Waals surface area contributed by atoms with Gasteiger partial charge in [-0.1, -0.05) is 12.1 Å². The van der Waals surface area contributed by atoms with Gasteiger partial charge in [0.1, 0.15) is 5.75 Å². The standard InChI is InChI=1S/C12H15F5N2O/c13-11(14)20-9-5-3-8(4-6-9)10(19-18)2-1-7-12(15,16)17/h3-6,10-11,19H,1-2,7,18H2. The summed E-state index contributed by atoms with van der Waals surface area (Å²) in [4.78, 5) is 0. The summed E-state index contributed by atoms with van der Waals surface area (Å²) in [5, 5.41) is 0. The highest BCUT2D eigenvalue weighted by Gasteiger charge is 2.26. The maximum Gasteiger partial charge on any atom is 0.389 e. The maximum absolute atomic E-state index is 12.0. The molecule has 3 nitrogen and oxygen atoms in total. The largest absolute Gasteiger partial charge is 0.435 e. The van der Waals surface area contributed by atoms with Gasteiger partial charge in [-0.3, -0.25) is 11.3 Å². The van der Waals surface area contributed by atoms with Crippen molar-refractivity contribution in [3.8, 4) is 5.75 Å². The van der Waals surface area contributed by atoms with Gasteiger partial charge in [-0.25, -0.2) is 0 Å². The van der Waals surface area contributed by atoms with Crippen molar-refractivity contribution in [2.24, 2.45) is 5.84 Å². The number of hydrogen-bond acceptors (Lipinski definition) is 3. The van der Waals surface area contributed by atoms with E-state index in [4.69, 9.17) is 5.84 Å². The summed E-state index contributed by atoms with van der Waals surface area (Å²) in [5.41, 5.74) is 3.02. The molecular formula is C12H15F5N2O. The summed E-state index contributed by atoms with van der Waals surface area (Å²) in [6.07, 6.45) is -4.98. The van der Waals surface area contributed by atoms with Crippen molar-refractivity contribution in [2.45, 2.75) is 38.1 Å². The Hall–Kier alpha value is -1.41. The second-order valence-corrected chi connectivity index (χ2v) is 4.17. The molecule has 1 unspecified atom stereocenters. The van der Waals surface area contributed by atoms with Gasteiger partial charge in [0.05, 0.1) is 0 Å². The van der Waals surface area contributed by atoms with Crippen LogP contribution in [0.3, 0.4) is 0 Å². The van der Waals surface area contributed by atoms with Crippen molar-refractivity contribution in [3.63, 3.8) is 0 Å². The molecule has 0 saturated carbocycles. The molecule has 1 atom stereocenters. The highest BCUT2D eigenvalue weighted by atomic mass is 19.4. The Morgan fingerprint density at radius 3 is 2.20 bits per heavy atom. The number of halogens is 5. The van der Waals surface area contributed by atoms with E-state index in [9.17, 15) is 22.0 Å². The minimum absolute atomic E-state index is 0.0187. The van der Waals surface area contributed by atoms with E-state index < -0.39 is 25.3 Å². The van der Waals surface area contributed by atoms with Crippen molar-refractivity contribution >= 4 is 0 Å². The lowest BCUT2D eigenvalue weighted by Crippen LogP contribution is -2.28. The van der Waals surface area contributed by atoms with Gasteiger partial charge in [0.2, 0.25) is 0 Å². The van der Waals surface area contributed by atoms with Crippen LogP contribution in [0.4, 0.5) is 22.0 Å². The molecular weight excluding hydrogens is 283 g/mol. The monoisotopic (exact) mass is 298 g/mol. The molecule has 0 aromatic heterocycles. The van der Waals surface area contributed by atoms with E-state index in [1.807, 2.05) is 0 Å². The van der Waals surface area contributed by atoms with Crippen molar-refractivity contribution in [1.29, 1.82) is 0 Å². The minimum atomic E-state index is -4.20. The van der Waals surface area contributed by atoms with Crippen LogP contribution in [0.25, 0.3) is 0 Å². The third kappa shape index (κ3) is 6.16. The zero-order valence-corrected chi connectivity index (χ0v) is 10.5. The molecule has 0 aliphatic heterocycles. The first-order valence-electron chi connectivity index (χ1n) is 5.89. The number of hydrazine groups is 1. The number of rotatable bonds is 7. The quantitative estimate of drug-likeness (QED) is 0.460. The molecule has 0 heterocycles. The maximum atomic E-state index is 12.0. The number of alkyl halides is 5. The molecule has 1 aromatic carbocycles. The summed E-state index contributed by atoms with van der Waals surface area (Å²) in [6, 6.07) is 5.12. The number of hydrogen-bond donors (Lipinski definition) is 2. The van der Waals surface area contributed by atoms with Gasteiger partial charge in [0, 0.05) is 12.5 Å². The molecule has 0 saturated heterocycles. The smallest absolute Gasteiger partial charge is 0.389 e. The van der Waals surface area contributed by atoms with Crippen molar-refractivity contribution in [2.75, 3.05) is 0 Å². The fourth-order valence-electron chi connectivity index (χ4n) is 1.73. The summed E-state index contributed by atoms with van der Waals surface area (Å²) < 4.78 is 64.2. The molecule has 0 fully saturated rings. The Morgan fingerprint density at radius 1 is 1.15 bits per heavy atom. The van der Waals surface area contributed by atoms with E-state index in [2.05, 4.69) is 10.2 Å². The number of ether oxygens (including phenoxy) is 1. The summed E-state index contributed by atoms with van der Waals surface area (Å²) in [7, 11) is 0. The van der Waals surface area contributed by atoms with Crippen LogP contribution in [0, 0.1) is 0 Å². The Kier molecular flexibility index (Phi) is 6.15. The van der Waals surface area contributed by atoms with Crippen LogP contribution in [-0.4, -0.2) is 12.8 Å². The number of benzene rings is 1. The molecule has 1 rings (SSSR count). The highest BCUT2D eigenvalue weighted by Crippen LogP contribution is 2.27. The second kappa shape index (κ2) is 7.39. The molecule has 0 aliphatic rings. The van der Waals surface area contributed by atoms with Crippen LogP contribution < -0.4 is 16.0 Å². The van der Waals surface area contributed by atoms with Gasteiger partial charge in [-0.05, 0) is 30.5 Å². The van der Waals surface area contributed by atoms with Crippen molar-refractivity contribution in [3.05, 3.63) is 29.8 Å². The molecule has 0 spiro atoms. The van der Waals surface area contributed by atoms with Crippen LogP contribution in [0.5, 0.6) is 5.75 Å². The van der Waals surface area contributed by atoms with E-state index in [0.29, 0.717) is 5.56 Å². The Balaban J connectivity index is 2.56. The van der Waals surface area contributed by atoms with E-state index in [1.165, 1.54) is 24.3 Å². The first-order chi connectivity index (χ1) is 9.31. The van der Waals surface area contributed by atoms with E-state index >= 15 is 0 Å². The van der Waals surface area contributed by atoms with E-state index in [1.54, 1.807) is 0 Å². The van der Waals surface area contributed by atoms with Crippen LogP contribution in [0.2, 0.25) is 0 Å². The molecule has 8 heteroatoms. The van der Waals surface area contributed by atoms with E-state index in [0.717, 1.165) is 0 Å². The number of nitrogens with one attached hydrogen (secondary N) is 1. The van der Waals surface area contributed by atoms with Gasteiger partial charge in [-0.15, -0.1) is 0 Å². The number of nitrogens with two attached hydrogens (primary N) is 1. The van der Waals surface area contributed by atoms with Crippen LogP contribution >= 0.6 is 0 Å². The lowest BCUT2D eigenvalue weighted by molar-refractivity contribution is -0.135. The zero-order chi connectivity index (χ0) is 15.2. The fourth-order valence-corrected chi connectivity index (χ4v) is 1.73. The summed E-state index contributed by atoms with van der Waals surface area (Å²) >= 11 is 0. The summed E-state index contributed by atoms with van der Waals surface area (Å²) in [5.74, 6) is 5.27. The molecule has 0 bridgehead atoms. The highest BCUT2D eigenvalue weighted by molar-refractivity contribution is 5.29. The van der Waals surface area contributed by atoms with Crippen LogP contribution in [0.1, 0.15) is 30.9 Å². The third-order valence-electron chi connectivity index (χ3n) is 2.66. The van der Waals surface area contributed by atoms with Gasteiger partial charge in [0.15, 0.2) is 0 Å². The first kappa shape index (κ1) is 16.6. The average molecular weight is 298 g/mol. The summed E-state index contributed by atoms with van der Waals surface area (Å²) in [6.45, 7) is -2.92. The average Bonchev–Trinajstić information content (AvgIpc) is 2.34. The molecule has 20 heavy (non-hydrogen) atoms. The molecule has 0 aliphatic carbocycles. The van der Waals surface area contributed by atoms with Crippen LogP contribution in [-0.2, 0) is 0 Å². The zero-order valence-electron chi connectivity index (χ0n) is 10.5. The molecule has 1 aromatic rings. The Labute approximate surface area is 112 Å². The van der Waals surface area contributed by atoms with Gasteiger partial charge in [0.25, 0.3) is 0 Å². The van der Waals surface area contributed by atoms with Crippen molar-refractivity contribution in [1.82, 2.24) is 5.43 Å². The lowest BCUT2D eigenvalue weighted by atomic mass is 10.0. The molecule has 3 N–H and O–H groups in total. The molecule has 0 radical (unpaired) electrons. The van der Waals surface area contributed by atoms with Gasteiger partial charge in [-0.2, -0.15) is 22.0 Å². The minimum Gasteiger partial charge on any atom is -0.435 e. The van der Waals surface area contributed by atoms with Gasteiger partial charge >= 0.3 is 12.8 Å². The third-order valence-corrected chi connectivity index (χ3v) is 2.66.